The molecule has 27 heavy (non-hydrogen) atoms. The molecule has 1 fully saturated rings. The number of anilines is 2. The molecule has 144 valence electrons. The maximum atomic E-state index is 12.6. The molecule has 3 rings (SSSR count). The Morgan fingerprint density at radius 3 is 2.41 bits per heavy atom. The number of benzene rings is 2. The minimum atomic E-state index is -3.50. The molecule has 2 aromatic carbocycles. The zero-order valence-electron chi connectivity index (χ0n) is 15.7. The van der Waals surface area contributed by atoms with Gasteiger partial charge in [-0.1, -0.05) is 30.3 Å². The standard InChI is InChI=1S/C20H25N3O3S/c1-16-6-3-4-7-18(16)15-27(25,26)21-19-8-5-9-20(14-19)23-12-10-22(11-13-23)17(2)24/h3-9,14,21H,10-13,15H2,1-2H3. The maximum Gasteiger partial charge on any atom is 0.236 e. The first-order valence-electron chi connectivity index (χ1n) is 8.99. The van der Waals surface area contributed by atoms with Crippen LogP contribution in [0, 0.1) is 6.92 Å². The first-order chi connectivity index (χ1) is 12.8. The van der Waals surface area contributed by atoms with Crippen molar-refractivity contribution < 1.29 is 13.2 Å². The highest BCUT2D eigenvalue weighted by atomic mass is 32.2. The van der Waals surface area contributed by atoms with Crippen LogP contribution in [0.2, 0.25) is 0 Å². The van der Waals surface area contributed by atoms with Gasteiger partial charge in [0.2, 0.25) is 15.9 Å². The molecule has 7 heteroatoms. The average molecular weight is 388 g/mol. The van der Waals surface area contributed by atoms with Gasteiger partial charge in [-0.05, 0) is 36.2 Å². The largest absolute Gasteiger partial charge is 0.368 e. The summed E-state index contributed by atoms with van der Waals surface area (Å²) in [5, 5.41) is 0. The first-order valence-corrected chi connectivity index (χ1v) is 10.6. The molecule has 1 aliphatic rings. The van der Waals surface area contributed by atoms with Crippen molar-refractivity contribution in [2.24, 2.45) is 0 Å². The quantitative estimate of drug-likeness (QED) is 0.856. The van der Waals surface area contributed by atoms with E-state index >= 15 is 0 Å². The van der Waals surface area contributed by atoms with Gasteiger partial charge in [-0.25, -0.2) is 8.42 Å². The summed E-state index contributed by atoms with van der Waals surface area (Å²) >= 11 is 0. The van der Waals surface area contributed by atoms with Gasteiger partial charge in [-0.3, -0.25) is 9.52 Å². The van der Waals surface area contributed by atoms with E-state index in [4.69, 9.17) is 0 Å². The molecular formula is C20H25N3O3S. The smallest absolute Gasteiger partial charge is 0.236 e. The van der Waals surface area contributed by atoms with Crippen LogP contribution in [-0.2, 0) is 20.6 Å². The molecule has 0 unspecified atom stereocenters. The minimum absolute atomic E-state index is 0.0544. The number of amides is 1. The number of carbonyl (C=O) groups excluding carboxylic acids is 1. The first kappa shape index (κ1) is 19.2. The second-order valence-electron chi connectivity index (χ2n) is 6.83. The van der Waals surface area contributed by atoms with E-state index < -0.39 is 10.0 Å². The third-order valence-electron chi connectivity index (χ3n) is 4.82. The van der Waals surface area contributed by atoms with Crippen molar-refractivity contribution in [1.82, 2.24) is 4.90 Å². The number of sulfonamides is 1. The molecular weight excluding hydrogens is 362 g/mol. The van der Waals surface area contributed by atoms with E-state index in [1.54, 1.807) is 13.0 Å². The van der Waals surface area contributed by atoms with Gasteiger partial charge in [0.15, 0.2) is 0 Å². The van der Waals surface area contributed by atoms with Gasteiger partial charge in [-0.2, -0.15) is 0 Å². The number of nitrogens with zero attached hydrogens (tertiary/aromatic N) is 2. The highest BCUT2D eigenvalue weighted by Gasteiger charge is 2.19. The zero-order valence-corrected chi connectivity index (χ0v) is 16.5. The fourth-order valence-corrected chi connectivity index (χ4v) is 4.53. The van der Waals surface area contributed by atoms with E-state index in [9.17, 15) is 13.2 Å². The van der Waals surface area contributed by atoms with Gasteiger partial charge < -0.3 is 9.80 Å². The monoisotopic (exact) mass is 387 g/mol. The molecule has 6 nitrogen and oxygen atoms in total. The fraction of sp³-hybridized carbons (Fsp3) is 0.350. The Morgan fingerprint density at radius 2 is 1.74 bits per heavy atom. The Kier molecular flexibility index (Phi) is 5.70. The van der Waals surface area contributed by atoms with E-state index in [0.717, 1.165) is 29.9 Å². The van der Waals surface area contributed by atoms with E-state index in [0.29, 0.717) is 18.8 Å². The number of hydrogen-bond donors (Lipinski definition) is 1. The Bertz CT molecular complexity index is 920. The molecule has 1 heterocycles. The second kappa shape index (κ2) is 8.00. The normalized spacial score (nSPS) is 14.9. The zero-order chi connectivity index (χ0) is 19.4. The number of piperazine rings is 1. The molecule has 0 aliphatic carbocycles. The van der Waals surface area contributed by atoms with Crippen LogP contribution in [0.1, 0.15) is 18.1 Å². The third kappa shape index (κ3) is 5.01. The van der Waals surface area contributed by atoms with Crippen LogP contribution in [0.4, 0.5) is 11.4 Å². The SMILES string of the molecule is CC(=O)N1CCN(c2cccc(NS(=O)(=O)Cc3ccccc3C)c2)CC1. The molecule has 0 spiro atoms. The lowest BCUT2D eigenvalue weighted by Crippen LogP contribution is -2.48. The third-order valence-corrected chi connectivity index (χ3v) is 6.05. The van der Waals surface area contributed by atoms with Crippen LogP contribution < -0.4 is 9.62 Å². The molecule has 0 saturated carbocycles. The summed E-state index contributed by atoms with van der Waals surface area (Å²) in [5.41, 5.74) is 3.26. The van der Waals surface area contributed by atoms with E-state index in [-0.39, 0.29) is 11.7 Å². The highest BCUT2D eigenvalue weighted by molar-refractivity contribution is 7.91. The van der Waals surface area contributed by atoms with Gasteiger partial charge in [0, 0.05) is 38.8 Å². The van der Waals surface area contributed by atoms with Crippen molar-refractivity contribution in [2.75, 3.05) is 35.8 Å². The summed E-state index contributed by atoms with van der Waals surface area (Å²) in [6.45, 7) is 6.32. The van der Waals surface area contributed by atoms with Crippen LogP contribution in [0.3, 0.4) is 0 Å². The highest BCUT2D eigenvalue weighted by Crippen LogP contribution is 2.22. The Morgan fingerprint density at radius 1 is 1.04 bits per heavy atom. The molecule has 0 atom stereocenters. The van der Waals surface area contributed by atoms with E-state index in [1.807, 2.05) is 54.3 Å². The summed E-state index contributed by atoms with van der Waals surface area (Å²) in [4.78, 5) is 15.4. The molecule has 1 amide bonds. The van der Waals surface area contributed by atoms with Gasteiger partial charge >= 0.3 is 0 Å². The molecule has 1 N–H and O–H groups in total. The van der Waals surface area contributed by atoms with Crippen LogP contribution in [0.5, 0.6) is 0 Å². The fourth-order valence-electron chi connectivity index (χ4n) is 3.24. The molecule has 2 aromatic rings. The maximum absolute atomic E-state index is 12.6. The van der Waals surface area contributed by atoms with Crippen molar-refractivity contribution in [3.63, 3.8) is 0 Å². The topological polar surface area (TPSA) is 69.7 Å². The number of hydrogen-bond acceptors (Lipinski definition) is 4. The molecule has 0 aromatic heterocycles. The number of aryl methyl sites for hydroxylation is 1. The average Bonchev–Trinajstić information content (AvgIpc) is 2.63. The molecule has 1 aliphatic heterocycles. The lowest BCUT2D eigenvalue weighted by molar-refractivity contribution is -0.129. The number of rotatable bonds is 5. The van der Waals surface area contributed by atoms with Crippen LogP contribution in [-0.4, -0.2) is 45.4 Å². The lowest BCUT2D eigenvalue weighted by Gasteiger charge is -2.35. The van der Waals surface area contributed by atoms with E-state index in [2.05, 4.69) is 9.62 Å². The van der Waals surface area contributed by atoms with Gasteiger partial charge in [0.25, 0.3) is 0 Å². The van der Waals surface area contributed by atoms with Crippen molar-refractivity contribution in [3.05, 3.63) is 59.7 Å². The van der Waals surface area contributed by atoms with Crippen molar-refractivity contribution in [1.29, 1.82) is 0 Å². The van der Waals surface area contributed by atoms with Crippen LogP contribution in [0.25, 0.3) is 0 Å². The minimum Gasteiger partial charge on any atom is -0.368 e. The predicted molar refractivity (Wildman–Crippen MR) is 108 cm³/mol. The van der Waals surface area contributed by atoms with Gasteiger partial charge in [0.05, 0.1) is 11.4 Å². The van der Waals surface area contributed by atoms with Crippen molar-refractivity contribution in [3.8, 4) is 0 Å². The molecule has 1 saturated heterocycles. The number of carbonyl (C=O) groups is 1. The number of nitrogens with one attached hydrogen (secondary N) is 1. The van der Waals surface area contributed by atoms with Gasteiger partial charge in [-0.15, -0.1) is 0 Å². The van der Waals surface area contributed by atoms with Crippen molar-refractivity contribution in [2.45, 2.75) is 19.6 Å². The van der Waals surface area contributed by atoms with Crippen LogP contribution in [0.15, 0.2) is 48.5 Å². The molecule has 0 bridgehead atoms. The summed E-state index contributed by atoms with van der Waals surface area (Å²) < 4.78 is 27.8. The summed E-state index contributed by atoms with van der Waals surface area (Å²) in [6, 6.07) is 14.9. The predicted octanol–water partition coefficient (Wildman–Crippen LogP) is 2.61. The van der Waals surface area contributed by atoms with Crippen molar-refractivity contribution >= 4 is 27.3 Å². The summed E-state index contributed by atoms with van der Waals surface area (Å²) in [5.74, 6) is 0.0358. The summed E-state index contributed by atoms with van der Waals surface area (Å²) in [7, 11) is -3.50. The Hall–Kier alpha value is -2.54. The Labute approximate surface area is 160 Å². The lowest BCUT2D eigenvalue weighted by atomic mass is 10.1. The second-order valence-corrected chi connectivity index (χ2v) is 8.55. The van der Waals surface area contributed by atoms with Crippen LogP contribution >= 0.6 is 0 Å². The van der Waals surface area contributed by atoms with Gasteiger partial charge in [0.1, 0.15) is 0 Å². The van der Waals surface area contributed by atoms with E-state index in [1.165, 1.54) is 0 Å². The summed E-state index contributed by atoms with van der Waals surface area (Å²) in [6.07, 6.45) is 0. The molecule has 0 radical (unpaired) electrons. The Balaban J connectivity index is 1.69.